The molecule has 1 saturated carbocycles. The number of likely N-dealkylation sites (N-methyl/N-ethyl adjacent to an activating group) is 1. The monoisotopic (exact) mass is 500 g/mol. The van der Waals surface area contributed by atoms with E-state index in [0.717, 1.165) is 23.5 Å². The first-order valence-electron chi connectivity index (χ1n) is 9.29. The van der Waals surface area contributed by atoms with Gasteiger partial charge in [-0.3, -0.25) is 4.72 Å². The molecule has 0 bridgehead atoms. The van der Waals surface area contributed by atoms with Gasteiger partial charge in [-0.15, -0.1) is 11.3 Å². The number of benzene rings is 1. The normalized spacial score (nSPS) is 22.5. The van der Waals surface area contributed by atoms with Gasteiger partial charge in [0.1, 0.15) is 10.7 Å². The van der Waals surface area contributed by atoms with Crippen molar-refractivity contribution in [1.29, 1.82) is 0 Å². The summed E-state index contributed by atoms with van der Waals surface area (Å²) in [6.07, 6.45) is -2.83. The summed E-state index contributed by atoms with van der Waals surface area (Å²) in [4.78, 5) is 4.84. The maximum absolute atomic E-state index is 14.7. The average Bonchev–Trinajstić information content (AvgIpc) is 3.15. The smallest absolute Gasteiger partial charge is 0.379 e. The van der Waals surface area contributed by atoms with E-state index in [0.29, 0.717) is 0 Å². The molecular weight excluding hydrogens is 480 g/mol. The molecule has 0 amide bonds. The van der Waals surface area contributed by atoms with E-state index in [1.54, 1.807) is 24.4 Å². The number of rotatable bonds is 6. The molecule has 0 spiro atoms. The van der Waals surface area contributed by atoms with Gasteiger partial charge in [0.15, 0.2) is 5.13 Å². The van der Waals surface area contributed by atoms with Crippen LogP contribution in [0.1, 0.15) is 19.3 Å². The van der Waals surface area contributed by atoms with Crippen molar-refractivity contribution in [3.63, 3.8) is 0 Å². The third kappa shape index (κ3) is 5.60. The van der Waals surface area contributed by atoms with Crippen LogP contribution >= 0.6 is 22.9 Å². The molecule has 0 radical (unpaired) electrons. The molecule has 1 heterocycles. The number of nitrogens with one attached hydrogen (secondary N) is 2. The van der Waals surface area contributed by atoms with E-state index in [1.165, 1.54) is 6.20 Å². The van der Waals surface area contributed by atoms with Gasteiger partial charge in [-0.2, -0.15) is 13.2 Å². The fourth-order valence-electron chi connectivity index (χ4n) is 3.67. The molecule has 31 heavy (non-hydrogen) atoms. The van der Waals surface area contributed by atoms with Crippen molar-refractivity contribution in [2.24, 2.45) is 5.92 Å². The molecule has 0 aliphatic heterocycles. The standard InChI is InChI=1S/C18H21ClF4N4O2S2/c1-27(2)15-7-10(18(21,22)23)3-4-13(15)25-14-9-12(20)16(8-11(14)19)31(28,29)26-17-24-5-6-30-17/h5-6,8-10,13,15,25H,3-4,7H2,1-2H3,(H,24,26)/t10?,13-,15-/m1/s1. The first-order valence-corrected chi connectivity index (χ1v) is 12.0. The van der Waals surface area contributed by atoms with Gasteiger partial charge in [-0.05, 0) is 45.5 Å². The maximum atomic E-state index is 14.7. The van der Waals surface area contributed by atoms with Crippen molar-refractivity contribution in [1.82, 2.24) is 9.88 Å². The van der Waals surface area contributed by atoms with Gasteiger partial charge >= 0.3 is 6.18 Å². The van der Waals surface area contributed by atoms with Crippen molar-refractivity contribution < 1.29 is 26.0 Å². The number of anilines is 2. The van der Waals surface area contributed by atoms with E-state index >= 15 is 0 Å². The van der Waals surface area contributed by atoms with E-state index in [1.807, 2.05) is 0 Å². The molecular formula is C18H21ClF4N4O2S2. The summed E-state index contributed by atoms with van der Waals surface area (Å²) in [5, 5.41) is 4.59. The Morgan fingerprint density at radius 3 is 2.55 bits per heavy atom. The largest absolute Gasteiger partial charge is 0.391 e. The zero-order valence-electron chi connectivity index (χ0n) is 16.6. The van der Waals surface area contributed by atoms with E-state index in [2.05, 4.69) is 15.0 Å². The second-order valence-corrected chi connectivity index (χ2v) is 10.5. The second kappa shape index (κ2) is 9.08. The van der Waals surface area contributed by atoms with E-state index in [4.69, 9.17) is 11.6 Å². The van der Waals surface area contributed by atoms with Gasteiger partial charge in [0.25, 0.3) is 10.0 Å². The molecule has 2 N–H and O–H groups in total. The van der Waals surface area contributed by atoms with Crippen molar-refractivity contribution in [2.45, 2.75) is 42.4 Å². The zero-order chi connectivity index (χ0) is 23.0. The number of nitrogens with zero attached hydrogens (tertiary/aromatic N) is 2. The zero-order valence-corrected chi connectivity index (χ0v) is 19.0. The maximum Gasteiger partial charge on any atom is 0.391 e. The minimum absolute atomic E-state index is 0.0589. The Morgan fingerprint density at radius 2 is 1.97 bits per heavy atom. The van der Waals surface area contributed by atoms with Crippen LogP contribution in [0.4, 0.5) is 28.4 Å². The lowest BCUT2D eigenvalue weighted by Gasteiger charge is -2.41. The Hall–Kier alpha value is -1.63. The minimum atomic E-state index is -4.27. The highest BCUT2D eigenvalue weighted by molar-refractivity contribution is 7.93. The summed E-state index contributed by atoms with van der Waals surface area (Å²) in [7, 11) is -0.895. The van der Waals surface area contributed by atoms with Crippen LogP contribution in [0.5, 0.6) is 0 Å². The van der Waals surface area contributed by atoms with Crippen molar-refractivity contribution in [3.05, 3.63) is 34.5 Å². The fourth-order valence-corrected chi connectivity index (χ4v) is 5.83. The molecule has 1 aromatic carbocycles. The van der Waals surface area contributed by atoms with Crippen molar-refractivity contribution in [2.75, 3.05) is 24.1 Å². The van der Waals surface area contributed by atoms with Gasteiger partial charge in [-0.1, -0.05) is 11.6 Å². The van der Waals surface area contributed by atoms with Crippen LogP contribution in [0.3, 0.4) is 0 Å². The summed E-state index contributed by atoms with van der Waals surface area (Å²) >= 11 is 7.24. The molecule has 3 rings (SSSR count). The number of sulfonamides is 1. The number of hydrogen-bond donors (Lipinski definition) is 2. The first kappa shape index (κ1) is 24.0. The lowest BCUT2D eigenvalue weighted by atomic mass is 9.81. The van der Waals surface area contributed by atoms with Crippen LogP contribution in [0.15, 0.2) is 28.6 Å². The molecule has 2 aromatic rings. The molecule has 1 aliphatic rings. The van der Waals surface area contributed by atoms with E-state index in [-0.39, 0.29) is 35.1 Å². The molecule has 1 aliphatic carbocycles. The number of thiazole rings is 1. The molecule has 1 fully saturated rings. The van der Waals surface area contributed by atoms with E-state index < -0.39 is 44.9 Å². The number of halogens is 5. The quantitative estimate of drug-likeness (QED) is 0.557. The molecule has 6 nitrogen and oxygen atoms in total. The van der Waals surface area contributed by atoms with Crippen molar-refractivity contribution in [3.8, 4) is 0 Å². The SMILES string of the molecule is CN(C)[C@@H]1CC(C(F)(F)F)CC[C@H]1Nc1cc(F)c(S(=O)(=O)Nc2nccs2)cc1Cl. The number of alkyl halides is 3. The number of aromatic nitrogens is 1. The fraction of sp³-hybridized carbons (Fsp3) is 0.500. The highest BCUT2D eigenvalue weighted by atomic mass is 35.5. The van der Waals surface area contributed by atoms with Gasteiger partial charge in [-0.25, -0.2) is 17.8 Å². The summed E-state index contributed by atoms with van der Waals surface area (Å²) in [5.74, 6) is -2.45. The van der Waals surface area contributed by atoms with Crippen LogP contribution in [0.2, 0.25) is 5.02 Å². The van der Waals surface area contributed by atoms with Gasteiger partial charge in [0.05, 0.1) is 16.6 Å². The Kier molecular flexibility index (Phi) is 7.04. The summed E-state index contributed by atoms with van der Waals surface area (Å²) in [6.45, 7) is 0. The Balaban J connectivity index is 1.82. The molecule has 3 atom stereocenters. The van der Waals surface area contributed by atoms with Crippen LogP contribution < -0.4 is 10.0 Å². The third-order valence-electron chi connectivity index (χ3n) is 5.25. The van der Waals surface area contributed by atoms with E-state index in [9.17, 15) is 26.0 Å². The summed E-state index contributed by atoms with van der Waals surface area (Å²) in [5.41, 5.74) is 0.120. The summed E-state index contributed by atoms with van der Waals surface area (Å²) in [6, 6.07) is 1.04. The number of hydrogen-bond acceptors (Lipinski definition) is 6. The van der Waals surface area contributed by atoms with Crippen LogP contribution in [-0.4, -0.2) is 50.7 Å². The minimum Gasteiger partial charge on any atom is -0.379 e. The molecule has 0 saturated heterocycles. The van der Waals surface area contributed by atoms with Crippen LogP contribution in [0, 0.1) is 11.7 Å². The predicted octanol–water partition coefficient (Wildman–Crippen LogP) is 4.81. The predicted molar refractivity (Wildman–Crippen MR) is 113 cm³/mol. The Bertz CT molecular complexity index is 1020. The highest BCUT2D eigenvalue weighted by Crippen LogP contribution is 2.40. The van der Waals surface area contributed by atoms with Crippen molar-refractivity contribution >= 4 is 43.8 Å². The Labute approximate surface area is 186 Å². The Morgan fingerprint density at radius 1 is 1.26 bits per heavy atom. The third-order valence-corrected chi connectivity index (χ3v) is 7.73. The van der Waals surface area contributed by atoms with Crippen LogP contribution in [-0.2, 0) is 10.0 Å². The second-order valence-electron chi connectivity index (χ2n) is 7.54. The van der Waals surface area contributed by atoms with Gasteiger partial charge in [0.2, 0.25) is 0 Å². The van der Waals surface area contributed by atoms with Crippen LogP contribution in [0.25, 0.3) is 0 Å². The summed E-state index contributed by atoms with van der Waals surface area (Å²) < 4.78 is 81.3. The highest BCUT2D eigenvalue weighted by Gasteiger charge is 2.45. The average molecular weight is 501 g/mol. The molecule has 13 heteroatoms. The lowest BCUT2D eigenvalue weighted by Crippen LogP contribution is -2.49. The van der Waals surface area contributed by atoms with Gasteiger partial charge < -0.3 is 10.2 Å². The van der Waals surface area contributed by atoms with Gasteiger partial charge in [0, 0.05) is 23.7 Å². The lowest BCUT2D eigenvalue weighted by molar-refractivity contribution is -0.186. The first-order chi connectivity index (χ1) is 14.4. The molecule has 172 valence electrons. The molecule has 1 aromatic heterocycles. The topological polar surface area (TPSA) is 74.3 Å². The molecule has 1 unspecified atom stereocenters.